The van der Waals surface area contributed by atoms with Gasteiger partial charge in [-0.05, 0) is 11.1 Å². The van der Waals surface area contributed by atoms with Gasteiger partial charge in [-0.1, -0.05) is 15.9 Å². The van der Waals surface area contributed by atoms with Gasteiger partial charge in [0.15, 0.2) is 0 Å². The number of hydrogen-bond acceptors (Lipinski definition) is 0. The summed E-state index contributed by atoms with van der Waals surface area (Å²) < 4.78 is 22.8. The van der Waals surface area contributed by atoms with Crippen LogP contribution in [0.1, 0.15) is 0 Å². The zero-order chi connectivity index (χ0) is 5.70. The van der Waals surface area contributed by atoms with Crippen LogP contribution in [0.5, 0.6) is 0 Å². The van der Waals surface area contributed by atoms with Crippen molar-refractivity contribution in [2.45, 2.75) is 6.17 Å². The van der Waals surface area contributed by atoms with Crippen LogP contribution >= 0.6 is 15.9 Å². The van der Waals surface area contributed by atoms with Crippen LogP contribution in [-0.4, -0.2) is 12.8 Å². The SMILES string of the molecule is FCC(F)C=CBr. The molecule has 0 aromatic carbocycles. The fourth-order valence-corrected chi connectivity index (χ4v) is 0.462. The fraction of sp³-hybridized carbons (Fsp3) is 0.500. The van der Waals surface area contributed by atoms with Gasteiger partial charge >= 0.3 is 0 Å². The maximum absolute atomic E-state index is 11.6. The molecule has 7 heavy (non-hydrogen) atoms. The molecule has 0 amide bonds. The van der Waals surface area contributed by atoms with Crippen LogP contribution in [0.4, 0.5) is 8.78 Å². The molecular formula is C4H5BrF2. The van der Waals surface area contributed by atoms with Gasteiger partial charge in [0.05, 0.1) is 0 Å². The predicted octanol–water partition coefficient (Wildman–Crippen LogP) is 2.20. The molecule has 0 spiro atoms. The molecule has 0 rings (SSSR count). The smallest absolute Gasteiger partial charge is 0.147 e. The highest BCUT2D eigenvalue weighted by Crippen LogP contribution is 1.95. The molecule has 0 aliphatic heterocycles. The van der Waals surface area contributed by atoms with E-state index < -0.39 is 12.8 Å². The Kier molecular flexibility index (Phi) is 4.29. The molecule has 0 aromatic rings. The Labute approximate surface area is 49.3 Å². The number of hydrogen-bond donors (Lipinski definition) is 0. The molecule has 0 N–H and O–H groups in total. The lowest BCUT2D eigenvalue weighted by Gasteiger charge is -1.87. The van der Waals surface area contributed by atoms with Gasteiger partial charge < -0.3 is 0 Å². The van der Waals surface area contributed by atoms with Crippen molar-refractivity contribution in [1.29, 1.82) is 0 Å². The summed E-state index contributed by atoms with van der Waals surface area (Å²) in [6, 6.07) is 0. The summed E-state index contributed by atoms with van der Waals surface area (Å²) in [5, 5.41) is 0. The first-order valence-corrected chi connectivity index (χ1v) is 2.69. The minimum absolute atomic E-state index is 0.942. The van der Waals surface area contributed by atoms with Crippen LogP contribution in [0.2, 0.25) is 0 Å². The van der Waals surface area contributed by atoms with Crippen LogP contribution in [0.25, 0.3) is 0 Å². The van der Waals surface area contributed by atoms with Gasteiger partial charge in [-0.2, -0.15) is 0 Å². The summed E-state index contributed by atoms with van der Waals surface area (Å²) in [6.45, 7) is -0.942. The van der Waals surface area contributed by atoms with Gasteiger partial charge in [-0.3, -0.25) is 0 Å². The van der Waals surface area contributed by atoms with Gasteiger partial charge in [0.2, 0.25) is 0 Å². The third kappa shape index (κ3) is 3.92. The highest BCUT2D eigenvalue weighted by Gasteiger charge is 1.95. The molecule has 42 valence electrons. The second-order valence-corrected chi connectivity index (χ2v) is 1.52. The molecule has 0 saturated carbocycles. The lowest BCUT2D eigenvalue weighted by atomic mass is 10.4. The number of halogens is 3. The van der Waals surface area contributed by atoms with E-state index in [9.17, 15) is 8.78 Å². The average molecular weight is 171 g/mol. The number of allylic oxidation sites excluding steroid dienone is 1. The first-order chi connectivity index (χ1) is 3.31. The molecule has 0 saturated heterocycles. The Morgan fingerprint density at radius 3 is 2.43 bits per heavy atom. The quantitative estimate of drug-likeness (QED) is 0.597. The van der Waals surface area contributed by atoms with E-state index in [1.54, 1.807) is 0 Å². The molecule has 0 aromatic heterocycles. The standard InChI is InChI=1S/C4H5BrF2/c5-2-1-4(7)3-6/h1-2,4H,3H2. The number of rotatable bonds is 2. The average Bonchev–Trinajstić information content (AvgIpc) is 1.68. The molecule has 0 heterocycles. The molecule has 0 bridgehead atoms. The minimum Gasteiger partial charge on any atom is -0.248 e. The van der Waals surface area contributed by atoms with Gasteiger partial charge in [0, 0.05) is 0 Å². The Balaban J connectivity index is 3.16. The first kappa shape index (κ1) is 7.08. The Morgan fingerprint density at radius 1 is 1.71 bits per heavy atom. The summed E-state index contributed by atoms with van der Waals surface area (Å²) in [6.07, 6.45) is -0.348. The van der Waals surface area contributed by atoms with Gasteiger partial charge in [0.1, 0.15) is 12.8 Å². The zero-order valence-electron chi connectivity index (χ0n) is 3.57. The summed E-state index contributed by atoms with van der Waals surface area (Å²) in [5.41, 5.74) is 0. The van der Waals surface area contributed by atoms with Crippen molar-refractivity contribution in [1.82, 2.24) is 0 Å². The van der Waals surface area contributed by atoms with Crippen molar-refractivity contribution >= 4 is 15.9 Å². The monoisotopic (exact) mass is 170 g/mol. The van der Waals surface area contributed by atoms with Crippen molar-refractivity contribution in [2.24, 2.45) is 0 Å². The molecule has 0 fully saturated rings. The van der Waals surface area contributed by atoms with Crippen molar-refractivity contribution < 1.29 is 8.78 Å². The third-order valence-electron chi connectivity index (χ3n) is 0.429. The van der Waals surface area contributed by atoms with Gasteiger partial charge in [-0.15, -0.1) is 0 Å². The van der Waals surface area contributed by atoms with E-state index in [4.69, 9.17) is 0 Å². The van der Waals surface area contributed by atoms with E-state index >= 15 is 0 Å². The molecule has 1 unspecified atom stereocenters. The summed E-state index contributed by atoms with van der Waals surface area (Å²) >= 11 is 2.80. The molecule has 0 nitrogen and oxygen atoms in total. The van der Waals surface area contributed by atoms with E-state index in [1.165, 1.54) is 4.99 Å². The topological polar surface area (TPSA) is 0 Å². The van der Waals surface area contributed by atoms with Crippen LogP contribution in [0.15, 0.2) is 11.1 Å². The Hall–Kier alpha value is 0.0800. The highest BCUT2D eigenvalue weighted by molar-refractivity contribution is 9.11. The lowest BCUT2D eigenvalue weighted by Crippen LogP contribution is -1.94. The van der Waals surface area contributed by atoms with Gasteiger partial charge in [-0.25, -0.2) is 8.78 Å². The second kappa shape index (κ2) is 4.24. The minimum atomic E-state index is -1.45. The maximum Gasteiger partial charge on any atom is 0.147 e. The molecule has 0 aliphatic carbocycles. The van der Waals surface area contributed by atoms with Crippen LogP contribution in [0, 0.1) is 0 Å². The van der Waals surface area contributed by atoms with E-state index in [1.807, 2.05) is 0 Å². The first-order valence-electron chi connectivity index (χ1n) is 1.78. The molecule has 0 radical (unpaired) electrons. The largest absolute Gasteiger partial charge is 0.248 e. The fourth-order valence-electron chi connectivity index (χ4n) is 0.130. The highest BCUT2D eigenvalue weighted by atomic mass is 79.9. The van der Waals surface area contributed by atoms with Crippen LogP contribution in [0.3, 0.4) is 0 Å². The third-order valence-corrected chi connectivity index (χ3v) is 0.734. The van der Waals surface area contributed by atoms with E-state index in [0.717, 1.165) is 6.08 Å². The van der Waals surface area contributed by atoms with Crippen LogP contribution < -0.4 is 0 Å². The molecular weight excluding hydrogens is 166 g/mol. The van der Waals surface area contributed by atoms with Crippen molar-refractivity contribution in [3.05, 3.63) is 11.1 Å². The molecule has 3 heteroatoms. The Bertz CT molecular complexity index is 62.7. The van der Waals surface area contributed by atoms with E-state index in [-0.39, 0.29) is 0 Å². The summed E-state index contributed by atoms with van der Waals surface area (Å²) in [4.78, 5) is 1.30. The van der Waals surface area contributed by atoms with E-state index in [0.29, 0.717) is 0 Å². The zero-order valence-corrected chi connectivity index (χ0v) is 5.16. The lowest BCUT2D eigenvalue weighted by molar-refractivity contribution is 0.310. The summed E-state index contributed by atoms with van der Waals surface area (Å²) in [7, 11) is 0. The number of alkyl halides is 2. The Morgan fingerprint density at radius 2 is 2.29 bits per heavy atom. The predicted molar refractivity (Wildman–Crippen MR) is 28.9 cm³/mol. The molecule has 0 aliphatic rings. The van der Waals surface area contributed by atoms with Crippen LogP contribution in [-0.2, 0) is 0 Å². The van der Waals surface area contributed by atoms with Crippen molar-refractivity contribution in [3.8, 4) is 0 Å². The normalized spacial score (nSPS) is 15.3. The van der Waals surface area contributed by atoms with E-state index in [2.05, 4.69) is 15.9 Å². The summed E-state index contributed by atoms with van der Waals surface area (Å²) in [5.74, 6) is 0. The van der Waals surface area contributed by atoms with Gasteiger partial charge in [0.25, 0.3) is 0 Å². The maximum atomic E-state index is 11.6. The molecule has 1 atom stereocenters. The second-order valence-electron chi connectivity index (χ2n) is 0.989. The van der Waals surface area contributed by atoms with Crippen molar-refractivity contribution in [2.75, 3.05) is 6.67 Å². The van der Waals surface area contributed by atoms with Crippen molar-refractivity contribution in [3.63, 3.8) is 0 Å².